The van der Waals surface area contributed by atoms with Gasteiger partial charge in [-0.05, 0) is 31.7 Å². The molecule has 0 fully saturated rings. The van der Waals surface area contributed by atoms with Gasteiger partial charge < -0.3 is 15.9 Å². The molecule has 0 aromatic heterocycles. The molecule has 0 heterocycles. The third-order valence-corrected chi connectivity index (χ3v) is 5.37. The van der Waals surface area contributed by atoms with Crippen molar-refractivity contribution in [1.29, 1.82) is 0 Å². The van der Waals surface area contributed by atoms with E-state index >= 15 is 0 Å². The zero-order valence-corrected chi connectivity index (χ0v) is 16.9. The van der Waals surface area contributed by atoms with Gasteiger partial charge in [-0.1, -0.05) is 96.3 Å². The maximum Gasteiger partial charge on any atom is 0.0433 e. The van der Waals surface area contributed by atoms with Crippen LogP contribution in [0.25, 0.3) is 0 Å². The monoisotopic (exact) mass is 357 g/mol. The molecule has 0 aliphatic rings. The fourth-order valence-electron chi connectivity index (χ4n) is 3.68. The largest absolute Gasteiger partial charge is 0.396 e. The van der Waals surface area contributed by atoms with E-state index in [0.717, 1.165) is 25.3 Å². The molecule has 0 aromatic rings. The Labute approximate surface area is 157 Å². The van der Waals surface area contributed by atoms with E-state index in [2.05, 4.69) is 0 Å². The molecule has 0 rings (SSSR count). The van der Waals surface area contributed by atoms with Gasteiger partial charge in [0.1, 0.15) is 0 Å². The van der Waals surface area contributed by atoms with Crippen molar-refractivity contribution >= 4 is 0 Å². The van der Waals surface area contributed by atoms with Crippen LogP contribution < -0.4 is 5.73 Å². The number of unbranched alkanes of at least 4 members (excludes halogenated alkanes) is 13. The van der Waals surface area contributed by atoms with Crippen LogP contribution in [-0.4, -0.2) is 30.0 Å². The van der Waals surface area contributed by atoms with Gasteiger partial charge in [0.05, 0.1) is 0 Å². The highest BCUT2D eigenvalue weighted by Crippen LogP contribution is 2.22. The average molecular weight is 358 g/mol. The fraction of sp³-hybridized carbons (Fsp3) is 1.00. The van der Waals surface area contributed by atoms with Gasteiger partial charge in [-0.25, -0.2) is 0 Å². The summed E-state index contributed by atoms with van der Waals surface area (Å²) >= 11 is 0. The van der Waals surface area contributed by atoms with E-state index in [0.29, 0.717) is 13.2 Å². The van der Waals surface area contributed by atoms with Crippen molar-refractivity contribution in [1.82, 2.24) is 0 Å². The SMILES string of the molecule is NCCCCCCCCCCCC(CCO)CCCCCCCCO. The lowest BCUT2D eigenvalue weighted by Gasteiger charge is -2.15. The zero-order chi connectivity index (χ0) is 18.4. The van der Waals surface area contributed by atoms with Crippen molar-refractivity contribution in [2.75, 3.05) is 19.8 Å². The summed E-state index contributed by atoms with van der Waals surface area (Å²) in [5.41, 5.74) is 5.51. The summed E-state index contributed by atoms with van der Waals surface area (Å²) in [5, 5.41) is 18.0. The molecule has 1 atom stereocenters. The Bertz CT molecular complexity index is 236. The Morgan fingerprint density at radius 3 is 1.24 bits per heavy atom. The minimum absolute atomic E-state index is 0.340. The van der Waals surface area contributed by atoms with Crippen LogP contribution in [0, 0.1) is 5.92 Å². The smallest absolute Gasteiger partial charge is 0.0433 e. The molecule has 0 aliphatic heterocycles. The second-order valence-corrected chi connectivity index (χ2v) is 7.77. The van der Waals surface area contributed by atoms with Gasteiger partial charge in [0.15, 0.2) is 0 Å². The lowest BCUT2D eigenvalue weighted by molar-refractivity contribution is 0.241. The van der Waals surface area contributed by atoms with Crippen LogP contribution >= 0.6 is 0 Å². The first-order chi connectivity index (χ1) is 12.3. The second kappa shape index (κ2) is 21.9. The van der Waals surface area contributed by atoms with Gasteiger partial charge in [-0.3, -0.25) is 0 Å². The zero-order valence-electron chi connectivity index (χ0n) is 16.9. The van der Waals surface area contributed by atoms with Crippen molar-refractivity contribution in [3.05, 3.63) is 0 Å². The van der Waals surface area contributed by atoms with Crippen LogP contribution in [0.15, 0.2) is 0 Å². The average Bonchev–Trinajstić information content (AvgIpc) is 2.62. The molecule has 0 saturated heterocycles. The van der Waals surface area contributed by atoms with E-state index in [4.69, 9.17) is 10.8 Å². The summed E-state index contributed by atoms with van der Waals surface area (Å²) in [6, 6.07) is 0. The Morgan fingerprint density at radius 1 is 0.440 bits per heavy atom. The van der Waals surface area contributed by atoms with Crippen LogP contribution in [0.4, 0.5) is 0 Å². The Kier molecular flexibility index (Phi) is 21.8. The number of hydrogen-bond acceptors (Lipinski definition) is 3. The molecule has 0 saturated carbocycles. The molecular weight excluding hydrogens is 310 g/mol. The van der Waals surface area contributed by atoms with E-state index in [1.165, 1.54) is 103 Å². The molecule has 3 heteroatoms. The van der Waals surface area contributed by atoms with Gasteiger partial charge in [0.2, 0.25) is 0 Å². The van der Waals surface area contributed by atoms with Crippen LogP contribution in [0.2, 0.25) is 0 Å². The summed E-state index contributed by atoms with van der Waals surface area (Å²) < 4.78 is 0. The maximum atomic E-state index is 9.27. The van der Waals surface area contributed by atoms with Gasteiger partial charge in [0, 0.05) is 13.2 Å². The Hall–Kier alpha value is -0.120. The van der Waals surface area contributed by atoms with Crippen LogP contribution in [-0.2, 0) is 0 Å². The predicted octanol–water partition coefficient (Wildman–Crippen LogP) is 5.57. The van der Waals surface area contributed by atoms with Gasteiger partial charge >= 0.3 is 0 Å². The standard InChI is InChI=1S/C22H47NO2/c23-19-14-10-6-3-1-2-4-8-12-16-22(18-21-25)17-13-9-5-7-11-15-20-24/h22,24-25H,1-21,23H2. The molecule has 152 valence electrons. The molecule has 1 unspecified atom stereocenters. The highest BCUT2D eigenvalue weighted by atomic mass is 16.3. The van der Waals surface area contributed by atoms with Crippen molar-refractivity contribution in [3.8, 4) is 0 Å². The number of aliphatic hydroxyl groups is 2. The first-order valence-electron chi connectivity index (χ1n) is 11.3. The minimum atomic E-state index is 0.340. The van der Waals surface area contributed by atoms with Crippen molar-refractivity contribution in [2.24, 2.45) is 11.7 Å². The van der Waals surface area contributed by atoms with Crippen molar-refractivity contribution in [3.63, 3.8) is 0 Å². The van der Waals surface area contributed by atoms with Crippen molar-refractivity contribution in [2.45, 2.75) is 116 Å². The summed E-state index contributed by atoms with van der Waals surface area (Å²) in [7, 11) is 0. The fourth-order valence-corrected chi connectivity index (χ4v) is 3.68. The van der Waals surface area contributed by atoms with Gasteiger partial charge in [0.25, 0.3) is 0 Å². The Morgan fingerprint density at radius 2 is 0.840 bits per heavy atom. The van der Waals surface area contributed by atoms with E-state index in [9.17, 15) is 5.11 Å². The van der Waals surface area contributed by atoms with E-state index in [1.807, 2.05) is 0 Å². The summed E-state index contributed by atoms with van der Waals surface area (Å²) in [4.78, 5) is 0. The molecule has 0 aliphatic carbocycles. The summed E-state index contributed by atoms with van der Waals surface area (Å²) in [6.45, 7) is 1.54. The molecule has 0 bridgehead atoms. The topological polar surface area (TPSA) is 66.5 Å². The van der Waals surface area contributed by atoms with E-state index in [1.54, 1.807) is 0 Å². The number of aliphatic hydroxyl groups excluding tert-OH is 2. The normalized spacial score (nSPS) is 12.6. The van der Waals surface area contributed by atoms with Crippen molar-refractivity contribution < 1.29 is 10.2 Å². The number of hydrogen-bond donors (Lipinski definition) is 3. The van der Waals surface area contributed by atoms with E-state index in [-0.39, 0.29) is 0 Å². The molecule has 4 N–H and O–H groups in total. The molecular formula is C22H47NO2. The quantitative estimate of drug-likeness (QED) is 0.235. The number of rotatable bonds is 21. The van der Waals surface area contributed by atoms with Crippen LogP contribution in [0.3, 0.4) is 0 Å². The summed E-state index contributed by atoms with van der Waals surface area (Å²) in [6.07, 6.45) is 23.0. The second-order valence-electron chi connectivity index (χ2n) is 7.77. The molecule has 0 spiro atoms. The lowest BCUT2D eigenvalue weighted by Crippen LogP contribution is -2.03. The highest BCUT2D eigenvalue weighted by molar-refractivity contribution is 4.61. The highest BCUT2D eigenvalue weighted by Gasteiger charge is 2.07. The Balaban J connectivity index is 3.41. The number of nitrogens with two attached hydrogens (primary N) is 1. The first-order valence-corrected chi connectivity index (χ1v) is 11.3. The minimum Gasteiger partial charge on any atom is -0.396 e. The molecule has 0 radical (unpaired) electrons. The van der Waals surface area contributed by atoms with E-state index < -0.39 is 0 Å². The first kappa shape index (κ1) is 24.9. The van der Waals surface area contributed by atoms with Crippen LogP contribution in [0.1, 0.15) is 116 Å². The summed E-state index contributed by atoms with van der Waals surface area (Å²) in [5.74, 6) is 0.735. The molecule has 0 amide bonds. The predicted molar refractivity (Wildman–Crippen MR) is 110 cm³/mol. The third kappa shape index (κ3) is 20.0. The molecule has 3 nitrogen and oxygen atoms in total. The maximum absolute atomic E-state index is 9.27. The molecule has 25 heavy (non-hydrogen) atoms. The van der Waals surface area contributed by atoms with Gasteiger partial charge in [-0.2, -0.15) is 0 Å². The van der Waals surface area contributed by atoms with Gasteiger partial charge in [-0.15, -0.1) is 0 Å². The molecule has 0 aromatic carbocycles. The lowest BCUT2D eigenvalue weighted by atomic mass is 9.92. The third-order valence-electron chi connectivity index (χ3n) is 5.37. The van der Waals surface area contributed by atoms with Crippen LogP contribution in [0.5, 0.6) is 0 Å².